The Hall–Kier alpha value is -0.320. The third kappa shape index (κ3) is 1.09. The molecule has 1 heterocycles. The average molecular weight is 221 g/mol. The van der Waals surface area contributed by atoms with Crippen LogP contribution >= 0.6 is 22.9 Å². The molecule has 0 spiro atoms. The Morgan fingerprint density at radius 3 is 2.62 bits per heavy atom. The van der Waals surface area contributed by atoms with Crippen LogP contribution in [0.2, 0.25) is 0 Å². The molecule has 0 aliphatic heterocycles. The molecule has 42 valence electrons. The maximum atomic E-state index is 10.6. The molecule has 2 nitrogen and oxygen atoms in total. The molecule has 0 radical (unpaired) electrons. The Morgan fingerprint density at radius 1 is 1.50 bits per heavy atom. The van der Waals surface area contributed by atoms with Crippen LogP contribution in [-0.2, 0) is 0 Å². The lowest BCUT2D eigenvalue weighted by Crippen LogP contribution is -2.07. The molecule has 0 saturated carbocycles. The standard InChI is InChI=1S/C5H4INO/c6-7-4-2-1-3-5(7)8/h1-4H. The Kier molecular flexibility index (Phi) is 1.67. The van der Waals surface area contributed by atoms with Crippen LogP contribution < -0.4 is 5.56 Å². The van der Waals surface area contributed by atoms with Gasteiger partial charge < -0.3 is 0 Å². The molecule has 0 amide bonds. The maximum absolute atomic E-state index is 10.6. The minimum absolute atomic E-state index is 0.0214. The Bertz CT molecular complexity index is 230. The van der Waals surface area contributed by atoms with Gasteiger partial charge in [0.25, 0.3) is 5.56 Å². The summed E-state index contributed by atoms with van der Waals surface area (Å²) in [5, 5.41) is 0. The van der Waals surface area contributed by atoms with Crippen molar-refractivity contribution in [3.63, 3.8) is 0 Å². The first-order valence-corrected chi connectivity index (χ1v) is 3.11. The molecule has 0 aliphatic rings. The van der Waals surface area contributed by atoms with Crippen LogP contribution in [0.5, 0.6) is 0 Å². The molecule has 0 N–H and O–H groups in total. The minimum Gasteiger partial charge on any atom is -0.269 e. The first-order chi connectivity index (χ1) is 3.80. The molecule has 1 aromatic heterocycles. The predicted molar refractivity (Wildman–Crippen MR) is 40.1 cm³/mol. The van der Waals surface area contributed by atoms with Crippen LogP contribution in [0.25, 0.3) is 0 Å². The number of hydrogen-bond donors (Lipinski definition) is 0. The largest absolute Gasteiger partial charge is 0.269 e. The van der Waals surface area contributed by atoms with Crippen molar-refractivity contribution in [3.05, 3.63) is 34.7 Å². The van der Waals surface area contributed by atoms with Crippen molar-refractivity contribution in [1.29, 1.82) is 0 Å². The van der Waals surface area contributed by atoms with Gasteiger partial charge in [0.05, 0.1) is 22.9 Å². The summed E-state index contributed by atoms with van der Waals surface area (Å²) in [6.45, 7) is 0. The fourth-order valence-electron chi connectivity index (χ4n) is 0.408. The number of rotatable bonds is 0. The topological polar surface area (TPSA) is 22.0 Å². The van der Waals surface area contributed by atoms with Gasteiger partial charge in [-0.05, 0) is 6.07 Å². The second kappa shape index (κ2) is 2.30. The predicted octanol–water partition coefficient (Wildman–Crippen LogP) is 1.05. The summed E-state index contributed by atoms with van der Waals surface area (Å²) < 4.78 is 1.50. The van der Waals surface area contributed by atoms with Crippen molar-refractivity contribution in [2.75, 3.05) is 0 Å². The van der Waals surface area contributed by atoms with Gasteiger partial charge in [-0.2, -0.15) is 0 Å². The van der Waals surface area contributed by atoms with E-state index in [2.05, 4.69) is 0 Å². The first-order valence-electron chi connectivity index (χ1n) is 2.14. The summed E-state index contributed by atoms with van der Waals surface area (Å²) in [7, 11) is 0. The van der Waals surface area contributed by atoms with Crippen molar-refractivity contribution < 1.29 is 0 Å². The normalized spacial score (nSPS) is 9.12. The van der Waals surface area contributed by atoms with E-state index < -0.39 is 0 Å². The van der Waals surface area contributed by atoms with Crippen LogP contribution in [0.15, 0.2) is 29.2 Å². The van der Waals surface area contributed by atoms with Gasteiger partial charge in [-0.25, -0.2) is 0 Å². The highest BCUT2D eigenvalue weighted by Crippen LogP contribution is 1.84. The molecule has 0 bridgehead atoms. The van der Waals surface area contributed by atoms with E-state index in [4.69, 9.17) is 0 Å². The second-order valence-corrected chi connectivity index (χ2v) is 2.39. The molecule has 8 heavy (non-hydrogen) atoms. The fraction of sp³-hybridized carbons (Fsp3) is 0. The molecule has 1 rings (SSSR count). The van der Waals surface area contributed by atoms with Crippen LogP contribution in [0.4, 0.5) is 0 Å². The van der Waals surface area contributed by atoms with Crippen molar-refractivity contribution in [3.8, 4) is 0 Å². The fourth-order valence-corrected chi connectivity index (χ4v) is 0.754. The molecule has 0 aromatic carbocycles. The van der Waals surface area contributed by atoms with E-state index >= 15 is 0 Å². The number of hydrogen-bond acceptors (Lipinski definition) is 1. The van der Waals surface area contributed by atoms with Gasteiger partial charge in [0.1, 0.15) is 0 Å². The van der Waals surface area contributed by atoms with Crippen LogP contribution in [0.1, 0.15) is 0 Å². The summed E-state index contributed by atoms with van der Waals surface area (Å²) in [4.78, 5) is 10.6. The van der Waals surface area contributed by atoms with Crippen molar-refractivity contribution in [2.24, 2.45) is 0 Å². The van der Waals surface area contributed by atoms with Crippen molar-refractivity contribution in [2.45, 2.75) is 0 Å². The van der Waals surface area contributed by atoms with E-state index in [1.165, 1.54) is 8.85 Å². The monoisotopic (exact) mass is 221 g/mol. The van der Waals surface area contributed by atoms with Crippen LogP contribution in [0.3, 0.4) is 0 Å². The third-order valence-electron chi connectivity index (χ3n) is 0.777. The quantitative estimate of drug-likeness (QED) is 0.600. The van der Waals surface area contributed by atoms with Crippen molar-refractivity contribution >= 4 is 22.9 Å². The zero-order valence-corrected chi connectivity index (χ0v) is 6.20. The third-order valence-corrected chi connectivity index (χ3v) is 1.57. The van der Waals surface area contributed by atoms with Crippen LogP contribution in [0, 0.1) is 0 Å². The molecule has 0 fully saturated rings. The van der Waals surface area contributed by atoms with E-state index in [1.54, 1.807) is 12.3 Å². The smallest absolute Gasteiger partial charge is 0.259 e. The Balaban J connectivity index is 3.35. The zero-order valence-electron chi connectivity index (χ0n) is 4.04. The number of nitrogens with zero attached hydrogens (tertiary/aromatic N) is 1. The Labute approximate surface area is 60.6 Å². The zero-order chi connectivity index (χ0) is 5.98. The number of aromatic nitrogens is 1. The van der Waals surface area contributed by atoms with Gasteiger partial charge in [0.15, 0.2) is 0 Å². The van der Waals surface area contributed by atoms with Gasteiger partial charge >= 0.3 is 0 Å². The first kappa shape index (κ1) is 5.81. The summed E-state index contributed by atoms with van der Waals surface area (Å²) in [5.41, 5.74) is 0.0214. The lowest BCUT2D eigenvalue weighted by atomic mass is 10.5. The van der Waals surface area contributed by atoms with E-state index in [-0.39, 0.29) is 5.56 Å². The van der Waals surface area contributed by atoms with Gasteiger partial charge in [0.2, 0.25) is 0 Å². The number of pyridine rings is 1. The van der Waals surface area contributed by atoms with E-state index in [0.717, 1.165) is 0 Å². The van der Waals surface area contributed by atoms with Crippen molar-refractivity contribution in [1.82, 2.24) is 2.78 Å². The lowest BCUT2D eigenvalue weighted by molar-refractivity contribution is 1.20. The molecule has 3 heteroatoms. The van der Waals surface area contributed by atoms with Gasteiger partial charge in [-0.1, -0.05) is 6.07 Å². The van der Waals surface area contributed by atoms with E-state index in [0.29, 0.717) is 0 Å². The summed E-state index contributed by atoms with van der Waals surface area (Å²) in [6.07, 6.45) is 1.71. The van der Waals surface area contributed by atoms with Crippen LogP contribution in [-0.4, -0.2) is 2.78 Å². The Morgan fingerprint density at radius 2 is 2.25 bits per heavy atom. The molecular formula is C5H4INO. The highest BCUT2D eigenvalue weighted by atomic mass is 127. The average Bonchev–Trinajstić information content (AvgIpc) is 1.77. The molecule has 0 atom stereocenters. The maximum Gasteiger partial charge on any atom is 0.259 e. The molecule has 1 aromatic rings. The van der Waals surface area contributed by atoms with E-state index in [1.807, 2.05) is 28.9 Å². The highest BCUT2D eigenvalue weighted by molar-refractivity contribution is 14.1. The lowest BCUT2D eigenvalue weighted by Gasteiger charge is -1.86. The van der Waals surface area contributed by atoms with Gasteiger partial charge in [0, 0.05) is 12.3 Å². The summed E-state index contributed by atoms with van der Waals surface area (Å²) >= 11 is 1.93. The summed E-state index contributed by atoms with van der Waals surface area (Å²) in [6, 6.07) is 5.05. The minimum atomic E-state index is 0.0214. The molecule has 0 aliphatic carbocycles. The molecule has 0 saturated heterocycles. The van der Waals surface area contributed by atoms with E-state index in [9.17, 15) is 4.79 Å². The number of halogens is 1. The SMILES string of the molecule is O=c1ccccn1I. The second-order valence-electron chi connectivity index (χ2n) is 1.35. The molecular weight excluding hydrogens is 217 g/mol. The summed E-state index contributed by atoms with van der Waals surface area (Å²) in [5.74, 6) is 0. The van der Waals surface area contributed by atoms with Gasteiger partial charge in [-0.3, -0.25) is 7.58 Å². The van der Waals surface area contributed by atoms with Gasteiger partial charge in [-0.15, -0.1) is 0 Å². The highest BCUT2D eigenvalue weighted by Gasteiger charge is 1.81. The molecule has 0 unspecified atom stereocenters.